The number of hydrogen-bond donors (Lipinski definition) is 1. The van der Waals surface area contributed by atoms with Crippen molar-refractivity contribution in [1.29, 1.82) is 0 Å². The molecule has 1 fully saturated rings. The minimum absolute atomic E-state index is 0.202. The molecule has 1 aromatic rings. The van der Waals surface area contributed by atoms with E-state index in [1.54, 1.807) is 17.3 Å². The third kappa shape index (κ3) is 3.89. The van der Waals surface area contributed by atoms with Crippen molar-refractivity contribution >= 4 is 22.0 Å². The van der Waals surface area contributed by atoms with Gasteiger partial charge in [-0.2, -0.15) is 0 Å². The molecule has 6 nitrogen and oxygen atoms in total. The largest absolute Gasteiger partial charge is 0.444 e. The van der Waals surface area contributed by atoms with Gasteiger partial charge in [0.2, 0.25) is 0 Å². The normalized spacial score (nSPS) is 19.8. The average Bonchev–Trinajstić information content (AvgIpc) is 2.38. The molecule has 7 heteroatoms. The number of piperazine rings is 1. The molecule has 110 valence electrons. The summed E-state index contributed by atoms with van der Waals surface area (Å²) < 4.78 is 6.26. The van der Waals surface area contributed by atoms with Crippen LogP contribution in [0.5, 0.6) is 0 Å². The number of nitrogens with one attached hydrogen (secondary N) is 1. The van der Waals surface area contributed by atoms with E-state index in [1.165, 1.54) is 0 Å². The molecule has 20 heavy (non-hydrogen) atoms. The van der Waals surface area contributed by atoms with Gasteiger partial charge in [0.05, 0.1) is 4.47 Å². The maximum absolute atomic E-state index is 12.3. The molecule has 1 aliphatic rings. The van der Waals surface area contributed by atoms with Gasteiger partial charge in [-0.3, -0.25) is 4.90 Å². The van der Waals surface area contributed by atoms with Crippen molar-refractivity contribution in [2.45, 2.75) is 32.4 Å². The minimum Gasteiger partial charge on any atom is -0.444 e. The predicted molar refractivity (Wildman–Crippen MR) is 78.3 cm³/mol. The third-order valence-corrected chi connectivity index (χ3v) is 3.22. The summed E-state index contributed by atoms with van der Waals surface area (Å²) in [5.74, 6) is 0.617. The number of rotatable bonds is 1. The van der Waals surface area contributed by atoms with Crippen molar-refractivity contribution in [2.24, 2.45) is 0 Å². The number of hydrogen-bond acceptors (Lipinski definition) is 5. The Balaban J connectivity index is 2.16. The van der Waals surface area contributed by atoms with Crippen LogP contribution >= 0.6 is 15.9 Å². The summed E-state index contributed by atoms with van der Waals surface area (Å²) in [4.78, 5) is 22.5. The minimum atomic E-state index is -0.507. The van der Waals surface area contributed by atoms with E-state index < -0.39 is 5.60 Å². The Bertz CT molecular complexity index is 472. The van der Waals surface area contributed by atoms with Crippen LogP contribution in [0.1, 0.15) is 32.6 Å². The van der Waals surface area contributed by atoms with Crippen molar-refractivity contribution < 1.29 is 9.53 Å². The summed E-state index contributed by atoms with van der Waals surface area (Å²) in [6.07, 6.45) is 3.05. The molecule has 0 radical (unpaired) electrons. The highest BCUT2D eigenvalue weighted by Crippen LogP contribution is 2.22. The zero-order valence-electron chi connectivity index (χ0n) is 11.9. The molecule has 2 heterocycles. The van der Waals surface area contributed by atoms with Gasteiger partial charge >= 0.3 is 6.09 Å². The van der Waals surface area contributed by atoms with Crippen LogP contribution in [0.4, 0.5) is 4.79 Å². The van der Waals surface area contributed by atoms with Crippen LogP contribution in [0.25, 0.3) is 0 Å². The van der Waals surface area contributed by atoms with Crippen LogP contribution < -0.4 is 5.32 Å². The molecule has 0 aromatic carbocycles. The highest BCUT2D eigenvalue weighted by molar-refractivity contribution is 9.10. The zero-order valence-corrected chi connectivity index (χ0v) is 13.5. The first-order valence-electron chi connectivity index (χ1n) is 6.54. The fourth-order valence-corrected chi connectivity index (χ4v) is 2.17. The lowest BCUT2D eigenvalue weighted by atomic mass is 10.1. The predicted octanol–water partition coefficient (Wildman–Crippen LogP) is 2.12. The second-order valence-electron chi connectivity index (χ2n) is 5.65. The van der Waals surface area contributed by atoms with Gasteiger partial charge in [-0.1, -0.05) is 0 Å². The van der Waals surface area contributed by atoms with Gasteiger partial charge in [0.1, 0.15) is 11.6 Å². The molecule has 0 saturated carbocycles. The highest BCUT2D eigenvalue weighted by atomic mass is 79.9. The fraction of sp³-hybridized carbons (Fsp3) is 0.615. The molecule has 0 spiro atoms. The van der Waals surface area contributed by atoms with Crippen molar-refractivity contribution in [3.05, 3.63) is 22.7 Å². The van der Waals surface area contributed by atoms with Gasteiger partial charge in [0, 0.05) is 32.0 Å². The summed E-state index contributed by atoms with van der Waals surface area (Å²) in [6, 6.07) is -0.202. The second-order valence-corrected chi connectivity index (χ2v) is 6.57. The highest BCUT2D eigenvalue weighted by Gasteiger charge is 2.32. The summed E-state index contributed by atoms with van der Waals surface area (Å²) in [5, 5.41) is 3.25. The van der Waals surface area contributed by atoms with Crippen LogP contribution in [0, 0.1) is 0 Å². The summed E-state index contributed by atoms with van der Waals surface area (Å²) >= 11 is 3.31. The van der Waals surface area contributed by atoms with E-state index in [9.17, 15) is 4.79 Å². The standard InChI is InChI=1S/C13H19BrN4O2/c1-13(2,3)20-12(19)18-5-4-15-8-10(18)11-16-6-9(14)7-17-11/h6-7,10,15H,4-5,8H2,1-3H3. The Morgan fingerprint density at radius 3 is 2.70 bits per heavy atom. The molecule has 1 unspecified atom stereocenters. The average molecular weight is 343 g/mol. The SMILES string of the molecule is CC(C)(C)OC(=O)N1CCNCC1c1ncc(Br)cn1. The smallest absolute Gasteiger partial charge is 0.411 e. The number of nitrogens with zero attached hydrogens (tertiary/aromatic N) is 3. The quantitative estimate of drug-likeness (QED) is 0.846. The van der Waals surface area contributed by atoms with E-state index >= 15 is 0 Å². The van der Waals surface area contributed by atoms with E-state index in [0.717, 1.165) is 11.0 Å². The van der Waals surface area contributed by atoms with Crippen LogP contribution in [0.3, 0.4) is 0 Å². The molecule has 1 aromatic heterocycles. The summed E-state index contributed by atoms with van der Waals surface area (Å²) in [6.45, 7) is 7.53. The molecular weight excluding hydrogens is 324 g/mol. The first-order valence-corrected chi connectivity index (χ1v) is 7.34. The molecule has 0 aliphatic carbocycles. The molecule has 1 amide bonds. The number of carbonyl (C=O) groups excluding carboxylic acids is 1. The van der Waals surface area contributed by atoms with Crippen LogP contribution in [-0.2, 0) is 4.74 Å². The van der Waals surface area contributed by atoms with E-state index in [2.05, 4.69) is 31.2 Å². The Morgan fingerprint density at radius 1 is 1.45 bits per heavy atom. The van der Waals surface area contributed by atoms with Crippen LogP contribution in [-0.4, -0.2) is 46.2 Å². The van der Waals surface area contributed by atoms with Gasteiger partial charge < -0.3 is 10.1 Å². The Labute approximate surface area is 127 Å². The Kier molecular flexibility index (Phi) is 4.59. The maximum atomic E-state index is 12.3. The lowest BCUT2D eigenvalue weighted by molar-refractivity contribution is 0.0108. The first-order chi connectivity index (χ1) is 9.37. The van der Waals surface area contributed by atoms with E-state index in [4.69, 9.17) is 4.74 Å². The van der Waals surface area contributed by atoms with Crippen molar-refractivity contribution in [2.75, 3.05) is 19.6 Å². The molecule has 1 aliphatic heterocycles. The van der Waals surface area contributed by atoms with Crippen molar-refractivity contribution in [3.8, 4) is 0 Å². The van der Waals surface area contributed by atoms with Gasteiger partial charge in [0.15, 0.2) is 5.82 Å². The monoisotopic (exact) mass is 342 g/mol. The summed E-state index contributed by atoms with van der Waals surface area (Å²) in [7, 11) is 0. The zero-order chi connectivity index (χ0) is 14.8. The van der Waals surface area contributed by atoms with Crippen molar-refractivity contribution in [1.82, 2.24) is 20.2 Å². The molecule has 2 rings (SSSR count). The van der Waals surface area contributed by atoms with E-state index in [1.807, 2.05) is 20.8 Å². The van der Waals surface area contributed by atoms with Gasteiger partial charge in [-0.25, -0.2) is 14.8 Å². The maximum Gasteiger partial charge on any atom is 0.411 e. The number of halogens is 1. The molecule has 0 bridgehead atoms. The number of aromatic nitrogens is 2. The fourth-order valence-electron chi connectivity index (χ4n) is 1.97. The Morgan fingerprint density at radius 2 is 2.10 bits per heavy atom. The first kappa shape index (κ1) is 15.2. The van der Waals surface area contributed by atoms with Crippen LogP contribution in [0.2, 0.25) is 0 Å². The van der Waals surface area contributed by atoms with Crippen LogP contribution in [0.15, 0.2) is 16.9 Å². The topological polar surface area (TPSA) is 67.3 Å². The van der Waals surface area contributed by atoms with Crippen molar-refractivity contribution in [3.63, 3.8) is 0 Å². The van der Waals surface area contributed by atoms with E-state index in [-0.39, 0.29) is 12.1 Å². The molecule has 1 atom stereocenters. The second kappa shape index (κ2) is 6.05. The number of ether oxygens (including phenoxy) is 1. The number of amides is 1. The van der Waals surface area contributed by atoms with Gasteiger partial charge in [-0.05, 0) is 36.7 Å². The number of carbonyl (C=O) groups is 1. The molecular formula is C13H19BrN4O2. The Hall–Kier alpha value is -1.21. The van der Waals surface area contributed by atoms with E-state index in [0.29, 0.717) is 18.9 Å². The molecule has 1 N–H and O–H groups in total. The van der Waals surface area contributed by atoms with Gasteiger partial charge in [-0.15, -0.1) is 0 Å². The van der Waals surface area contributed by atoms with Gasteiger partial charge in [0.25, 0.3) is 0 Å². The third-order valence-electron chi connectivity index (χ3n) is 2.81. The lowest BCUT2D eigenvalue weighted by Crippen LogP contribution is -2.50. The molecule has 1 saturated heterocycles. The lowest BCUT2D eigenvalue weighted by Gasteiger charge is -2.36. The summed E-state index contributed by atoms with van der Waals surface area (Å²) in [5.41, 5.74) is -0.507.